The van der Waals surface area contributed by atoms with Crippen molar-refractivity contribution >= 4 is 30.1 Å². The van der Waals surface area contributed by atoms with E-state index in [9.17, 15) is 25.3 Å². The highest BCUT2D eigenvalue weighted by Gasteiger charge is 2.33. The van der Waals surface area contributed by atoms with E-state index in [0.29, 0.717) is 11.4 Å². The first kappa shape index (κ1) is 45.1. The molecule has 2 aliphatic heterocycles. The van der Waals surface area contributed by atoms with Crippen LogP contribution in [-0.2, 0) is 56.2 Å². The number of nitrogens with one attached hydrogen (secondary N) is 3. The number of hydrogen-bond donors (Lipinski definition) is 3. The van der Waals surface area contributed by atoms with E-state index in [1.165, 1.54) is 45.0 Å². The van der Waals surface area contributed by atoms with Crippen molar-refractivity contribution in [2.45, 2.75) is 61.6 Å². The maximum atomic E-state index is 14.0. The summed E-state index contributed by atoms with van der Waals surface area (Å²) < 4.78 is 87.1. The molecule has 5 aromatic rings. The molecule has 3 aromatic carbocycles. The Labute approximate surface area is 355 Å². The van der Waals surface area contributed by atoms with Crippen LogP contribution in [0.3, 0.4) is 0 Å². The van der Waals surface area contributed by atoms with Gasteiger partial charge in [-0.3, -0.25) is 9.97 Å². The lowest BCUT2D eigenvalue weighted by atomic mass is 10.2. The summed E-state index contributed by atoms with van der Waals surface area (Å²) in [6, 6.07) is 30.6. The van der Waals surface area contributed by atoms with Crippen LogP contribution in [0.4, 0.5) is 0 Å². The van der Waals surface area contributed by atoms with Crippen LogP contribution < -0.4 is 16.0 Å². The average Bonchev–Trinajstić information content (AvgIpc) is 3.22. The van der Waals surface area contributed by atoms with Crippen molar-refractivity contribution in [3.05, 3.63) is 149 Å². The molecule has 3 N–H and O–H groups in total. The maximum absolute atomic E-state index is 14.0. The number of benzene rings is 3. The van der Waals surface area contributed by atoms with Crippen LogP contribution in [0.15, 0.2) is 124 Å². The monoisotopic (exact) mass is 874 g/mol. The van der Waals surface area contributed by atoms with Gasteiger partial charge in [-0.2, -0.15) is 12.9 Å². The van der Waals surface area contributed by atoms with E-state index in [4.69, 9.17) is 0 Å². The smallest absolute Gasteiger partial charge is 0.243 e. The van der Waals surface area contributed by atoms with Gasteiger partial charge < -0.3 is 16.0 Å². The fourth-order valence-electron chi connectivity index (χ4n) is 6.65. The van der Waals surface area contributed by atoms with Crippen molar-refractivity contribution in [3.63, 3.8) is 0 Å². The molecule has 0 fully saturated rings. The van der Waals surface area contributed by atoms with Gasteiger partial charge in [-0.15, -0.1) is 0 Å². The van der Waals surface area contributed by atoms with Crippen LogP contribution in [0, 0.1) is 20.8 Å². The molecular weight excluding hydrogens is 821 g/mol. The molecule has 320 valence electrons. The Bertz CT molecular complexity index is 2390. The van der Waals surface area contributed by atoms with Gasteiger partial charge in [0.25, 0.3) is 0 Å². The van der Waals surface area contributed by atoms with Crippen molar-refractivity contribution in [2.24, 2.45) is 0 Å². The number of rotatable bonds is 6. The van der Waals surface area contributed by atoms with E-state index in [2.05, 4.69) is 44.1 Å². The van der Waals surface area contributed by atoms with Crippen LogP contribution >= 0.6 is 0 Å². The Morgan fingerprint density at radius 1 is 0.400 bits per heavy atom. The van der Waals surface area contributed by atoms with Crippen LogP contribution in [0.1, 0.15) is 39.5 Å². The van der Waals surface area contributed by atoms with Gasteiger partial charge in [-0.25, -0.2) is 25.3 Å². The molecule has 14 nitrogen and oxygen atoms in total. The molecule has 0 unspecified atom stereocenters. The number of fused-ring (bicyclic) bond motifs is 4. The Kier molecular flexibility index (Phi) is 15.4. The lowest BCUT2D eigenvalue weighted by molar-refractivity contribution is 0.305. The minimum absolute atomic E-state index is 0.0352. The second kappa shape index (κ2) is 20.4. The van der Waals surface area contributed by atoms with E-state index < -0.39 is 30.1 Å². The summed E-state index contributed by atoms with van der Waals surface area (Å²) >= 11 is 0. The number of sulfonamides is 3. The molecule has 0 atom stereocenters. The molecule has 60 heavy (non-hydrogen) atoms. The minimum atomic E-state index is -4.13. The maximum Gasteiger partial charge on any atom is 0.243 e. The number of pyridine rings is 2. The van der Waals surface area contributed by atoms with Crippen LogP contribution in [0.5, 0.6) is 0 Å². The van der Waals surface area contributed by atoms with Gasteiger partial charge in [0.15, 0.2) is 0 Å². The molecule has 0 spiro atoms. The molecule has 7 rings (SSSR count). The van der Waals surface area contributed by atoms with E-state index >= 15 is 0 Å². The number of aromatic nitrogens is 2. The first-order valence-corrected chi connectivity index (χ1v) is 24.3. The standard InChI is InChI=1S/C32H36N4O6S3.C11H18N4/c1-25-7-13-30(14-8-25)43(37,38)34-19-21-35(44(39,40)31-15-9-26(2)10-16-31)23-28-5-4-6-29(33-28)24-36(22-20-34)45(41,42)32-17-11-27(3)12-18-32;1-2-10-8-13-6-4-12-5-7-14-9-11(3-1)15-10/h4-18H,19-24H2,1-3H3;1-3,12-14H,4-9H2. The highest BCUT2D eigenvalue weighted by atomic mass is 32.2. The van der Waals surface area contributed by atoms with E-state index in [1.807, 2.05) is 20.8 Å². The number of hydrogen-bond acceptors (Lipinski definition) is 11. The molecule has 4 bridgehead atoms. The van der Waals surface area contributed by atoms with Crippen LogP contribution in [0.2, 0.25) is 0 Å². The molecular formula is C43H54N8O6S3. The molecule has 0 saturated carbocycles. The fraction of sp³-hybridized carbons (Fsp3) is 0.349. The lowest BCUT2D eigenvalue weighted by Gasteiger charge is -2.30. The quantitative estimate of drug-likeness (QED) is 0.226. The second-order valence-corrected chi connectivity index (χ2v) is 20.7. The SMILES string of the molecule is Cc1ccc(S(=O)(=O)N2CCN(S(=O)(=O)c3ccc(C)cc3)Cc3cccc(n3)CN(S(=O)(=O)c3ccc(C)cc3)CC2)cc1.c1cc2nc(c1)CNCCNCCNC2. The zero-order valence-electron chi connectivity index (χ0n) is 34.3. The summed E-state index contributed by atoms with van der Waals surface area (Å²) in [5.74, 6) is 0. The highest BCUT2D eigenvalue weighted by Crippen LogP contribution is 2.24. The summed E-state index contributed by atoms with van der Waals surface area (Å²) in [6.07, 6.45) is 0. The Balaban J connectivity index is 0.000000336. The predicted molar refractivity (Wildman–Crippen MR) is 232 cm³/mol. The first-order valence-electron chi connectivity index (χ1n) is 19.9. The largest absolute Gasteiger partial charge is 0.314 e. The predicted octanol–water partition coefficient (Wildman–Crippen LogP) is 3.96. The van der Waals surface area contributed by atoms with Crippen LogP contribution in [0.25, 0.3) is 0 Å². The molecule has 17 heteroatoms. The number of aryl methyl sites for hydroxylation is 3. The summed E-state index contributed by atoms with van der Waals surface area (Å²) in [6.45, 7) is 10.2. The molecule has 0 saturated heterocycles. The topological polar surface area (TPSA) is 174 Å². The summed E-state index contributed by atoms with van der Waals surface area (Å²) in [4.78, 5) is 9.39. The fourth-order valence-corrected chi connectivity index (χ4v) is 10.9. The lowest BCUT2D eigenvalue weighted by Crippen LogP contribution is -2.45. The Hall–Kier alpha value is -4.43. The summed E-state index contributed by atoms with van der Waals surface area (Å²) in [5, 5.41) is 10.1. The average molecular weight is 875 g/mol. The Morgan fingerprint density at radius 3 is 1.08 bits per heavy atom. The van der Waals surface area contributed by atoms with Gasteiger partial charge in [0, 0.05) is 65.4 Å². The summed E-state index contributed by atoms with van der Waals surface area (Å²) in [5.41, 5.74) is 5.73. The van der Waals surface area contributed by atoms with Gasteiger partial charge in [-0.05, 0) is 81.4 Å². The van der Waals surface area contributed by atoms with Gasteiger partial charge in [0.1, 0.15) is 0 Å². The van der Waals surface area contributed by atoms with Crippen molar-refractivity contribution in [1.29, 1.82) is 0 Å². The molecule has 4 heterocycles. The molecule has 2 aromatic heterocycles. The van der Waals surface area contributed by atoms with Crippen molar-refractivity contribution in [3.8, 4) is 0 Å². The van der Waals surface area contributed by atoms with Gasteiger partial charge in [0.2, 0.25) is 30.1 Å². The summed E-state index contributed by atoms with van der Waals surface area (Å²) in [7, 11) is -12.2. The van der Waals surface area contributed by atoms with Gasteiger partial charge >= 0.3 is 0 Å². The van der Waals surface area contributed by atoms with Crippen molar-refractivity contribution in [2.75, 3.05) is 52.4 Å². The third-order valence-corrected chi connectivity index (χ3v) is 15.8. The minimum Gasteiger partial charge on any atom is -0.314 e. The third-order valence-electron chi connectivity index (χ3n) is 10.1. The van der Waals surface area contributed by atoms with E-state index in [-0.39, 0.29) is 54.0 Å². The molecule has 0 aliphatic carbocycles. The van der Waals surface area contributed by atoms with Gasteiger partial charge in [-0.1, -0.05) is 65.2 Å². The Morgan fingerprint density at radius 2 is 0.700 bits per heavy atom. The molecule has 0 amide bonds. The third kappa shape index (κ3) is 11.9. The zero-order chi connectivity index (χ0) is 42.8. The van der Waals surface area contributed by atoms with Crippen molar-refractivity contribution < 1.29 is 25.3 Å². The first-order chi connectivity index (χ1) is 28.7. The second-order valence-electron chi connectivity index (χ2n) is 14.9. The van der Waals surface area contributed by atoms with Crippen molar-refractivity contribution in [1.82, 2.24) is 38.8 Å². The van der Waals surface area contributed by atoms with Gasteiger partial charge in [0.05, 0.1) is 50.6 Å². The van der Waals surface area contributed by atoms with E-state index in [1.54, 1.807) is 54.6 Å². The highest BCUT2D eigenvalue weighted by molar-refractivity contribution is 7.89. The van der Waals surface area contributed by atoms with Crippen LogP contribution in [-0.4, -0.2) is 100 Å². The zero-order valence-corrected chi connectivity index (χ0v) is 36.7. The normalized spacial score (nSPS) is 17.1. The van der Waals surface area contributed by atoms with E-state index in [0.717, 1.165) is 71.7 Å². The molecule has 2 aliphatic rings. The molecule has 0 radical (unpaired) electrons. The number of nitrogens with zero attached hydrogens (tertiary/aromatic N) is 5.